The zero-order chi connectivity index (χ0) is 11.6. The van der Waals surface area contributed by atoms with Crippen molar-refractivity contribution in [3.05, 3.63) is 0 Å². The lowest BCUT2D eigenvalue weighted by atomic mass is 10.1. The molecular formula is C9H16N2O4. The molecule has 0 aromatic rings. The molecule has 15 heavy (non-hydrogen) atoms. The summed E-state index contributed by atoms with van der Waals surface area (Å²) in [7, 11) is 0. The van der Waals surface area contributed by atoms with E-state index in [9.17, 15) is 9.59 Å². The van der Waals surface area contributed by atoms with Crippen molar-refractivity contribution >= 4 is 11.9 Å². The van der Waals surface area contributed by atoms with Crippen LogP contribution in [0.15, 0.2) is 0 Å². The summed E-state index contributed by atoms with van der Waals surface area (Å²) in [6.07, 6.45) is 0. The van der Waals surface area contributed by atoms with Gasteiger partial charge >= 0.3 is 11.9 Å². The molecule has 0 bridgehead atoms. The maximum atomic E-state index is 11.4. The summed E-state index contributed by atoms with van der Waals surface area (Å²) < 4.78 is 5.12. The molecule has 0 aromatic carbocycles. The Kier molecular flexibility index (Phi) is 3.31. The highest BCUT2D eigenvalue weighted by atomic mass is 16.6. The molecule has 6 heteroatoms. The van der Waals surface area contributed by atoms with E-state index < -0.39 is 17.6 Å². The van der Waals surface area contributed by atoms with Crippen molar-refractivity contribution < 1.29 is 19.4 Å². The number of ether oxygens (including phenoxy) is 1. The molecule has 0 aliphatic carbocycles. The second-order valence-corrected chi connectivity index (χ2v) is 4.49. The van der Waals surface area contributed by atoms with E-state index in [2.05, 4.69) is 5.43 Å². The minimum absolute atomic E-state index is 0.112. The average Bonchev–Trinajstić information content (AvgIpc) is 1.91. The van der Waals surface area contributed by atoms with Crippen molar-refractivity contribution in [2.75, 3.05) is 13.1 Å². The maximum absolute atomic E-state index is 11.4. The van der Waals surface area contributed by atoms with Crippen LogP contribution in [0.2, 0.25) is 0 Å². The first-order chi connectivity index (χ1) is 6.78. The highest BCUT2D eigenvalue weighted by Gasteiger charge is 2.35. The van der Waals surface area contributed by atoms with Crippen LogP contribution in [0.4, 0.5) is 0 Å². The van der Waals surface area contributed by atoms with E-state index >= 15 is 0 Å². The largest absolute Gasteiger partial charge is 0.480 e. The molecule has 1 aliphatic heterocycles. The number of carboxylic acid groups (broad SMARTS) is 1. The Balaban J connectivity index is 2.27. The Labute approximate surface area is 88.2 Å². The van der Waals surface area contributed by atoms with E-state index in [0.717, 1.165) is 0 Å². The topological polar surface area (TPSA) is 78.9 Å². The molecule has 1 heterocycles. The summed E-state index contributed by atoms with van der Waals surface area (Å²) in [4.78, 5) is 21.7. The van der Waals surface area contributed by atoms with Crippen LogP contribution in [0.25, 0.3) is 0 Å². The molecule has 6 nitrogen and oxygen atoms in total. The van der Waals surface area contributed by atoms with Crippen LogP contribution in [0, 0.1) is 0 Å². The molecular weight excluding hydrogens is 200 g/mol. The molecule has 1 aliphatic rings. The molecule has 0 saturated carbocycles. The van der Waals surface area contributed by atoms with Gasteiger partial charge in [0.15, 0.2) is 0 Å². The monoisotopic (exact) mass is 216 g/mol. The highest BCUT2D eigenvalue weighted by molar-refractivity contribution is 5.78. The fourth-order valence-electron chi connectivity index (χ4n) is 1.20. The molecule has 0 spiro atoms. The first-order valence-corrected chi connectivity index (χ1v) is 4.74. The fraction of sp³-hybridized carbons (Fsp3) is 0.778. The lowest BCUT2D eigenvalue weighted by molar-refractivity contribution is -0.167. The first kappa shape index (κ1) is 11.9. The van der Waals surface area contributed by atoms with Gasteiger partial charge in [-0.1, -0.05) is 0 Å². The number of rotatable bonds is 3. The summed E-state index contributed by atoms with van der Waals surface area (Å²) in [6.45, 7) is 5.64. The Morgan fingerprint density at radius 3 is 2.47 bits per heavy atom. The Bertz CT molecular complexity index is 266. The van der Waals surface area contributed by atoms with Crippen LogP contribution in [0.1, 0.15) is 20.8 Å². The van der Waals surface area contributed by atoms with Gasteiger partial charge in [0.05, 0.1) is 0 Å². The lowest BCUT2D eigenvalue weighted by Gasteiger charge is -2.38. The molecule has 1 saturated heterocycles. The third-order valence-corrected chi connectivity index (χ3v) is 1.76. The number of carbonyl (C=O) groups excluding carboxylic acids is 1. The molecule has 1 rings (SSSR count). The van der Waals surface area contributed by atoms with Crippen LogP contribution in [-0.2, 0) is 14.3 Å². The van der Waals surface area contributed by atoms with Crippen molar-refractivity contribution in [2.24, 2.45) is 0 Å². The van der Waals surface area contributed by atoms with Gasteiger partial charge < -0.3 is 9.84 Å². The zero-order valence-electron chi connectivity index (χ0n) is 9.11. The van der Waals surface area contributed by atoms with E-state index in [1.54, 1.807) is 20.8 Å². The molecule has 0 radical (unpaired) electrons. The number of carbonyl (C=O) groups is 2. The van der Waals surface area contributed by atoms with Gasteiger partial charge in [-0.25, -0.2) is 10.4 Å². The number of carboxylic acids is 1. The number of nitrogens with zero attached hydrogens (tertiary/aromatic N) is 1. The number of esters is 1. The van der Waals surface area contributed by atoms with Gasteiger partial charge in [-0.2, -0.15) is 0 Å². The van der Waals surface area contributed by atoms with Crippen LogP contribution >= 0.6 is 0 Å². The van der Waals surface area contributed by atoms with Crippen molar-refractivity contribution in [3.63, 3.8) is 0 Å². The molecule has 0 amide bonds. The predicted molar refractivity (Wildman–Crippen MR) is 52.0 cm³/mol. The minimum atomic E-state index is -0.926. The van der Waals surface area contributed by atoms with E-state index in [-0.39, 0.29) is 12.5 Å². The Morgan fingerprint density at radius 2 is 2.07 bits per heavy atom. The normalized spacial score (nSPS) is 21.9. The van der Waals surface area contributed by atoms with Crippen LogP contribution < -0.4 is 5.43 Å². The summed E-state index contributed by atoms with van der Waals surface area (Å²) in [5.41, 5.74) is 2.20. The van der Waals surface area contributed by atoms with Gasteiger partial charge in [-0.3, -0.25) is 9.59 Å². The number of hydrogen-bond donors (Lipinski definition) is 2. The predicted octanol–water partition coefficient (Wildman–Crippen LogP) is -0.398. The quantitative estimate of drug-likeness (QED) is 0.625. The average molecular weight is 216 g/mol. The van der Waals surface area contributed by atoms with Crippen LogP contribution in [-0.4, -0.2) is 46.8 Å². The van der Waals surface area contributed by atoms with Gasteiger partial charge in [0, 0.05) is 6.54 Å². The van der Waals surface area contributed by atoms with Gasteiger partial charge in [0.25, 0.3) is 0 Å². The van der Waals surface area contributed by atoms with E-state index in [0.29, 0.717) is 6.54 Å². The van der Waals surface area contributed by atoms with E-state index in [1.165, 1.54) is 5.01 Å². The molecule has 2 N–H and O–H groups in total. The van der Waals surface area contributed by atoms with Crippen molar-refractivity contribution in [1.29, 1.82) is 0 Å². The molecule has 0 aromatic heterocycles. The number of nitrogens with one attached hydrogen (secondary N) is 1. The fourth-order valence-corrected chi connectivity index (χ4v) is 1.20. The van der Waals surface area contributed by atoms with Gasteiger partial charge in [-0.15, -0.1) is 0 Å². The van der Waals surface area contributed by atoms with Gasteiger partial charge in [0.2, 0.25) is 0 Å². The number of hydrazine groups is 1. The zero-order valence-corrected chi connectivity index (χ0v) is 9.11. The molecule has 86 valence electrons. The standard InChI is InChI=1S/C9H16N2O4/c1-9(2,3)15-8(14)6-4-11(10-6)5-7(12)13/h6,10H,4-5H2,1-3H3,(H,12,13). The molecule has 1 atom stereocenters. The highest BCUT2D eigenvalue weighted by Crippen LogP contribution is 2.12. The third-order valence-electron chi connectivity index (χ3n) is 1.76. The Hall–Kier alpha value is -1.14. The van der Waals surface area contributed by atoms with Crippen molar-refractivity contribution in [3.8, 4) is 0 Å². The van der Waals surface area contributed by atoms with Crippen molar-refractivity contribution in [2.45, 2.75) is 32.4 Å². The minimum Gasteiger partial charge on any atom is -0.480 e. The maximum Gasteiger partial charge on any atom is 0.326 e. The van der Waals surface area contributed by atoms with E-state index in [1.807, 2.05) is 0 Å². The number of aliphatic carboxylic acids is 1. The number of hydrogen-bond acceptors (Lipinski definition) is 5. The summed E-state index contributed by atoms with van der Waals surface area (Å²) >= 11 is 0. The summed E-state index contributed by atoms with van der Waals surface area (Å²) in [5.74, 6) is -1.27. The molecule has 1 unspecified atom stereocenters. The lowest BCUT2D eigenvalue weighted by Crippen LogP contribution is -2.66. The third kappa shape index (κ3) is 3.85. The van der Waals surface area contributed by atoms with Gasteiger partial charge in [0.1, 0.15) is 18.2 Å². The second kappa shape index (κ2) is 4.16. The van der Waals surface area contributed by atoms with Gasteiger partial charge in [-0.05, 0) is 20.8 Å². The summed E-state index contributed by atoms with van der Waals surface area (Å²) in [5, 5.41) is 9.92. The van der Waals surface area contributed by atoms with E-state index in [4.69, 9.17) is 9.84 Å². The smallest absolute Gasteiger partial charge is 0.326 e. The van der Waals surface area contributed by atoms with Crippen LogP contribution in [0.3, 0.4) is 0 Å². The van der Waals surface area contributed by atoms with Crippen LogP contribution in [0.5, 0.6) is 0 Å². The second-order valence-electron chi connectivity index (χ2n) is 4.49. The Morgan fingerprint density at radius 1 is 1.53 bits per heavy atom. The summed E-state index contributed by atoms with van der Waals surface area (Å²) in [6, 6.07) is -0.413. The first-order valence-electron chi connectivity index (χ1n) is 4.74. The van der Waals surface area contributed by atoms with Crippen molar-refractivity contribution in [1.82, 2.24) is 10.4 Å². The SMILES string of the molecule is CC(C)(C)OC(=O)C1CN(CC(=O)O)N1. The molecule has 1 fully saturated rings.